The maximum absolute atomic E-state index is 5.78. The third-order valence-electron chi connectivity index (χ3n) is 3.22. The Balaban J connectivity index is 1.67. The largest absolute Gasteiger partial charge is 0.384 e. The van der Waals surface area contributed by atoms with Crippen LogP contribution in [0.25, 0.3) is 0 Å². The molecule has 0 saturated carbocycles. The molecule has 0 amide bonds. The first kappa shape index (κ1) is 12.1. The number of H-pyrrole nitrogens is 1. The van der Waals surface area contributed by atoms with Crippen molar-refractivity contribution < 1.29 is 4.74 Å². The minimum absolute atomic E-state index is 0.0137. The Kier molecular flexibility index (Phi) is 3.43. The van der Waals surface area contributed by atoms with Gasteiger partial charge in [0.25, 0.3) is 0 Å². The summed E-state index contributed by atoms with van der Waals surface area (Å²) >= 11 is 0. The molecule has 6 heteroatoms. The molecule has 3 rings (SSSR count). The monoisotopic (exact) mass is 259 g/mol. The van der Waals surface area contributed by atoms with Crippen LogP contribution in [0.1, 0.15) is 17.5 Å². The second-order valence-corrected chi connectivity index (χ2v) is 4.66. The molecule has 2 aromatic heterocycles. The Bertz CT molecular complexity index is 528. The molecule has 1 fully saturated rings. The summed E-state index contributed by atoms with van der Waals surface area (Å²) in [6.45, 7) is 3.28. The van der Waals surface area contributed by atoms with E-state index in [1.807, 2.05) is 18.2 Å². The lowest BCUT2D eigenvalue weighted by atomic mass is 10.2. The van der Waals surface area contributed by atoms with Crippen molar-refractivity contribution in [2.45, 2.75) is 12.6 Å². The zero-order valence-corrected chi connectivity index (χ0v) is 10.6. The van der Waals surface area contributed by atoms with Crippen LogP contribution in [-0.4, -0.2) is 39.8 Å². The van der Waals surface area contributed by atoms with E-state index in [4.69, 9.17) is 10.5 Å². The van der Waals surface area contributed by atoms with Gasteiger partial charge in [-0.1, -0.05) is 6.07 Å². The quantitative estimate of drug-likeness (QED) is 0.858. The molecule has 0 aromatic carbocycles. The van der Waals surface area contributed by atoms with Crippen LogP contribution in [0.5, 0.6) is 0 Å². The van der Waals surface area contributed by atoms with Crippen LogP contribution in [0, 0.1) is 0 Å². The van der Waals surface area contributed by atoms with Gasteiger partial charge in [-0.3, -0.25) is 10.00 Å². The lowest BCUT2D eigenvalue weighted by molar-refractivity contribution is -0.0352. The molecule has 1 aliphatic heterocycles. The van der Waals surface area contributed by atoms with Crippen LogP contribution < -0.4 is 5.73 Å². The van der Waals surface area contributed by atoms with Gasteiger partial charge in [-0.15, -0.1) is 0 Å². The number of morpholine rings is 1. The molecule has 1 unspecified atom stereocenters. The van der Waals surface area contributed by atoms with Crippen LogP contribution in [0.4, 0.5) is 5.82 Å². The van der Waals surface area contributed by atoms with Gasteiger partial charge in [-0.25, -0.2) is 4.98 Å². The first-order chi connectivity index (χ1) is 9.31. The maximum atomic E-state index is 5.78. The maximum Gasteiger partial charge on any atom is 0.123 e. The van der Waals surface area contributed by atoms with Crippen LogP contribution >= 0.6 is 0 Å². The summed E-state index contributed by atoms with van der Waals surface area (Å²) in [7, 11) is 0. The number of anilines is 1. The predicted molar refractivity (Wildman–Crippen MR) is 71.2 cm³/mol. The van der Waals surface area contributed by atoms with Crippen molar-refractivity contribution in [1.82, 2.24) is 20.1 Å². The van der Waals surface area contributed by atoms with Crippen LogP contribution in [0.3, 0.4) is 0 Å². The molecule has 2 aromatic rings. The van der Waals surface area contributed by atoms with E-state index in [0.717, 1.165) is 31.0 Å². The Morgan fingerprint density at radius 3 is 3.16 bits per heavy atom. The molecular formula is C13H17N5O. The number of nitrogens with one attached hydrogen (secondary N) is 1. The lowest BCUT2D eigenvalue weighted by Gasteiger charge is -2.32. The fourth-order valence-corrected chi connectivity index (χ4v) is 2.29. The van der Waals surface area contributed by atoms with Gasteiger partial charge in [0.1, 0.15) is 11.9 Å². The summed E-state index contributed by atoms with van der Waals surface area (Å²) in [4.78, 5) is 6.66. The fourth-order valence-electron chi connectivity index (χ4n) is 2.29. The summed E-state index contributed by atoms with van der Waals surface area (Å²) in [6, 6.07) is 7.65. The van der Waals surface area contributed by atoms with Gasteiger partial charge >= 0.3 is 0 Å². The average molecular weight is 259 g/mol. The third kappa shape index (κ3) is 2.91. The number of nitrogens with two attached hydrogens (primary N) is 1. The zero-order valence-electron chi connectivity index (χ0n) is 10.6. The summed E-state index contributed by atoms with van der Waals surface area (Å²) in [5, 5.41) is 6.94. The number of hydrogen-bond acceptors (Lipinski definition) is 5. The van der Waals surface area contributed by atoms with Crippen molar-refractivity contribution in [2.24, 2.45) is 0 Å². The van der Waals surface area contributed by atoms with E-state index in [-0.39, 0.29) is 6.10 Å². The van der Waals surface area contributed by atoms with E-state index < -0.39 is 0 Å². The summed E-state index contributed by atoms with van der Waals surface area (Å²) < 4.78 is 5.78. The molecule has 3 N–H and O–H groups in total. The molecule has 0 aliphatic carbocycles. The van der Waals surface area contributed by atoms with E-state index >= 15 is 0 Å². The molecule has 0 radical (unpaired) electrons. The van der Waals surface area contributed by atoms with Crippen molar-refractivity contribution in [1.29, 1.82) is 0 Å². The molecule has 19 heavy (non-hydrogen) atoms. The third-order valence-corrected chi connectivity index (χ3v) is 3.22. The number of nitrogen functional groups attached to an aromatic ring is 1. The number of rotatable bonds is 3. The van der Waals surface area contributed by atoms with Crippen molar-refractivity contribution in [3.63, 3.8) is 0 Å². The van der Waals surface area contributed by atoms with Crippen LogP contribution in [0.2, 0.25) is 0 Å². The van der Waals surface area contributed by atoms with E-state index in [2.05, 4.69) is 20.1 Å². The van der Waals surface area contributed by atoms with Crippen molar-refractivity contribution >= 4 is 5.82 Å². The van der Waals surface area contributed by atoms with Gasteiger partial charge < -0.3 is 10.5 Å². The Morgan fingerprint density at radius 1 is 1.42 bits per heavy atom. The zero-order chi connectivity index (χ0) is 13.1. The standard InChI is InChI=1S/C13H17N5O/c14-13-3-1-2-11(16-13)12-9-18(6-7-19-12)8-10-4-5-15-17-10/h1-5,12H,6-9H2,(H2,14,16)(H,15,17). The van der Waals surface area contributed by atoms with Crippen molar-refractivity contribution in [2.75, 3.05) is 25.4 Å². The Morgan fingerprint density at radius 2 is 2.37 bits per heavy atom. The predicted octanol–water partition coefficient (Wildman–Crippen LogP) is 0.960. The highest BCUT2D eigenvalue weighted by Crippen LogP contribution is 2.22. The number of pyridine rings is 1. The van der Waals surface area contributed by atoms with E-state index in [9.17, 15) is 0 Å². The number of nitrogens with zero attached hydrogens (tertiary/aromatic N) is 3. The van der Waals surface area contributed by atoms with E-state index in [1.54, 1.807) is 12.3 Å². The summed E-state index contributed by atoms with van der Waals surface area (Å²) in [5.41, 5.74) is 7.73. The molecule has 6 nitrogen and oxygen atoms in total. The minimum Gasteiger partial charge on any atom is -0.384 e. The highest BCUT2D eigenvalue weighted by Gasteiger charge is 2.23. The molecule has 0 spiro atoms. The minimum atomic E-state index is -0.0137. The highest BCUT2D eigenvalue weighted by molar-refractivity contribution is 5.29. The van der Waals surface area contributed by atoms with Crippen molar-refractivity contribution in [3.05, 3.63) is 41.9 Å². The number of aromatic nitrogens is 3. The topological polar surface area (TPSA) is 80.1 Å². The molecule has 100 valence electrons. The SMILES string of the molecule is Nc1cccc(C2CN(Cc3ccn[nH]3)CCO2)n1. The normalized spacial score (nSPS) is 20.5. The van der Waals surface area contributed by atoms with Gasteiger partial charge in [0.05, 0.1) is 12.3 Å². The summed E-state index contributed by atoms with van der Waals surface area (Å²) in [5.74, 6) is 0.534. The highest BCUT2D eigenvalue weighted by atomic mass is 16.5. The number of aromatic amines is 1. The van der Waals surface area contributed by atoms with Crippen LogP contribution in [0.15, 0.2) is 30.5 Å². The van der Waals surface area contributed by atoms with Crippen molar-refractivity contribution in [3.8, 4) is 0 Å². The fraction of sp³-hybridized carbons (Fsp3) is 0.385. The molecule has 3 heterocycles. The van der Waals surface area contributed by atoms with Gasteiger partial charge in [0.2, 0.25) is 0 Å². The first-order valence-electron chi connectivity index (χ1n) is 6.36. The van der Waals surface area contributed by atoms with Gasteiger partial charge in [-0.2, -0.15) is 5.10 Å². The molecule has 1 atom stereocenters. The van der Waals surface area contributed by atoms with E-state index in [1.165, 1.54) is 0 Å². The lowest BCUT2D eigenvalue weighted by Crippen LogP contribution is -2.38. The second kappa shape index (κ2) is 5.38. The first-order valence-corrected chi connectivity index (χ1v) is 6.36. The number of ether oxygens (including phenoxy) is 1. The molecule has 1 aliphatic rings. The van der Waals surface area contributed by atoms with Gasteiger partial charge in [0.15, 0.2) is 0 Å². The van der Waals surface area contributed by atoms with E-state index in [0.29, 0.717) is 12.4 Å². The second-order valence-electron chi connectivity index (χ2n) is 4.66. The van der Waals surface area contributed by atoms with Gasteiger partial charge in [-0.05, 0) is 18.2 Å². The molecular weight excluding hydrogens is 242 g/mol. The average Bonchev–Trinajstić information content (AvgIpc) is 2.92. The number of hydrogen-bond donors (Lipinski definition) is 2. The van der Waals surface area contributed by atoms with Gasteiger partial charge in [0, 0.05) is 31.5 Å². The van der Waals surface area contributed by atoms with Crippen LogP contribution in [-0.2, 0) is 11.3 Å². The summed E-state index contributed by atoms with van der Waals surface area (Å²) in [6.07, 6.45) is 1.76. The Hall–Kier alpha value is -1.92. The molecule has 1 saturated heterocycles. The smallest absolute Gasteiger partial charge is 0.123 e. The molecule has 0 bridgehead atoms. The Labute approximate surface area is 111 Å².